The minimum Gasteiger partial charge on any atom is -0.494 e. The molecule has 0 unspecified atom stereocenters. The zero-order valence-corrected chi connectivity index (χ0v) is 21.9. The molecule has 4 aromatic heterocycles. The van der Waals surface area contributed by atoms with E-state index in [2.05, 4.69) is 19.9 Å². The van der Waals surface area contributed by atoms with E-state index in [0.29, 0.717) is 40.0 Å². The number of methoxy groups -OCH3 is 2. The Morgan fingerprint density at radius 3 is 2.39 bits per heavy atom. The predicted molar refractivity (Wildman–Crippen MR) is 139 cm³/mol. The summed E-state index contributed by atoms with van der Waals surface area (Å²) in [6.45, 7) is 3.19. The summed E-state index contributed by atoms with van der Waals surface area (Å²) < 4.78 is 49.6. The molecule has 0 spiro atoms. The second-order valence-electron chi connectivity index (χ2n) is 8.51. The van der Waals surface area contributed by atoms with Crippen LogP contribution >= 0.6 is 0 Å². The van der Waals surface area contributed by atoms with E-state index in [9.17, 15) is 13.5 Å². The van der Waals surface area contributed by atoms with Crippen LogP contribution in [0.3, 0.4) is 0 Å². The number of nitrogens with one attached hydrogen (secondary N) is 1. The first kappa shape index (κ1) is 25.3. The molecular weight excluding hydrogens is 512 g/mol. The molecule has 0 amide bonds. The summed E-state index contributed by atoms with van der Waals surface area (Å²) in [6, 6.07) is 13.7. The lowest BCUT2D eigenvalue weighted by Crippen LogP contribution is -2.32. The molecule has 5 aromatic rings. The van der Waals surface area contributed by atoms with Crippen LogP contribution in [0.2, 0.25) is 0 Å². The Morgan fingerprint density at radius 1 is 1.03 bits per heavy atom. The zero-order chi connectivity index (χ0) is 27.0. The molecule has 38 heavy (non-hydrogen) atoms. The van der Waals surface area contributed by atoms with Crippen LogP contribution in [0.4, 0.5) is 5.95 Å². The van der Waals surface area contributed by atoms with E-state index in [1.165, 1.54) is 25.7 Å². The third-order valence-electron chi connectivity index (χ3n) is 6.18. The average molecular weight is 539 g/mol. The van der Waals surface area contributed by atoms with Gasteiger partial charge in [0.25, 0.3) is 0 Å². The lowest BCUT2D eigenvalue weighted by atomic mass is 10.2. The number of aliphatic hydroxyl groups excluding tert-OH is 1. The van der Waals surface area contributed by atoms with Crippen molar-refractivity contribution >= 4 is 21.6 Å². The molecule has 2 atom stereocenters. The highest BCUT2D eigenvalue weighted by atomic mass is 32.2. The number of pyridine rings is 1. The number of aliphatic hydroxyl groups is 1. The first-order valence-electron chi connectivity index (χ1n) is 11.6. The number of hydrogen-bond donors (Lipinski definition) is 2. The smallest absolute Gasteiger partial charge is 0.243 e. The van der Waals surface area contributed by atoms with Gasteiger partial charge in [0.1, 0.15) is 39.9 Å². The van der Waals surface area contributed by atoms with Gasteiger partial charge >= 0.3 is 0 Å². The largest absolute Gasteiger partial charge is 0.494 e. The van der Waals surface area contributed by atoms with Gasteiger partial charge in [0.05, 0.1) is 19.9 Å². The van der Waals surface area contributed by atoms with Crippen molar-refractivity contribution in [3.05, 3.63) is 72.4 Å². The fourth-order valence-corrected chi connectivity index (χ4v) is 5.22. The number of rotatable bonds is 9. The predicted octanol–water partition coefficient (Wildman–Crippen LogP) is 3.36. The van der Waals surface area contributed by atoms with Crippen molar-refractivity contribution < 1.29 is 27.4 Å². The van der Waals surface area contributed by atoms with Gasteiger partial charge in [-0.3, -0.25) is 9.29 Å². The Hall–Kier alpha value is -4.36. The van der Waals surface area contributed by atoms with Gasteiger partial charge in [-0.25, -0.2) is 13.4 Å². The first-order chi connectivity index (χ1) is 18.2. The minimum atomic E-state index is -4.22. The van der Waals surface area contributed by atoms with E-state index >= 15 is 0 Å². The number of para-hydroxylation sites is 1. The quantitative estimate of drug-likeness (QED) is 0.288. The SMILES string of the molecule is COc1cccc(OC)c1-n1c(NS(=O)(=O)[C@@H](C)[C@@H](O)c2cccc3nccn23)nnc1-c1ccc(C)o1. The Labute approximate surface area is 218 Å². The molecule has 0 aliphatic carbocycles. The fourth-order valence-electron chi connectivity index (χ4n) is 4.17. The molecule has 1 aromatic carbocycles. The molecular formula is C25H26N6O6S. The molecule has 0 saturated carbocycles. The normalized spacial score (nSPS) is 13.4. The van der Waals surface area contributed by atoms with Gasteiger partial charge in [0.15, 0.2) is 5.76 Å². The summed E-state index contributed by atoms with van der Waals surface area (Å²) in [6.07, 6.45) is 1.85. The van der Waals surface area contributed by atoms with Gasteiger partial charge in [-0.05, 0) is 50.2 Å². The minimum absolute atomic E-state index is 0.142. The molecule has 0 radical (unpaired) electrons. The van der Waals surface area contributed by atoms with Crippen molar-refractivity contribution in [1.82, 2.24) is 24.1 Å². The molecule has 198 valence electrons. The number of nitrogens with zero attached hydrogens (tertiary/aromatic N) is 5. The third-order valence-corrected chi connectivity index (χ3v) is 7.88. The van der Waals surface area contributed by atoms with Crippen LogP contribution in [0, 0.1) is 6.92 Å². The maximum Gasteiger partial charge on any atom is 0.243 e. The van der Waals surface area contributed by atoms with E-state index in [4.69, 9.17) is 13.9 Å². The van der Waals surface area contributed by atoms with Crippen molar-refractivity contribution in [3.63, 3.8) is 0 Å². The summed E-state index contributed by atoms with van der Waals surface area (Å²) in [5, 5.41) is 18.1. The van der Waals surface area contributed by atoms with Crippen LogP contribution in [0.15, 0.2) is 65.3 Å². The molecule has 2 N–H and O–H groups in total. The Balaban J connectivity index is 1.60. The van der Waals surface area contributed by atoms with Crippen molar-refractivity contribution in [3.8, 4) is 28.8 Å². The second-order valence-corrected chi connectivity index (χ2v) is 10.5. The average Bonchev–Trinajstić information content (AvgIpc) is 3.66. The number of anilines is 1. The standard InChI is InChI=1S/C25H26N6O6S/c1-15-11-12-20(37-15)24-27-28-25(31(24)22-18(35-3)8-6-9-19(22)36-4)29-38(33,34)16(2)23(32)17-7-5-10-21-26-13-14-30(17)21/h5-14,16,23,32H,1-4H3,(H,28,29)/t16-,23+/m0/s1. The summed E-state index contributed by atoms with van der Waals surface area (Å²) in [4.78, 5) is 4.19. The Bertz CT molecular complexity index is 1680. The summed E-state index contributed by atoms with van der Waals surface area (Å²) in [5.41, 5.74) is 1.32. The molecule has 5 rings (SSSR count). The van der Waals surface area contributed by atoms with Gasteiger partial charge in [-0.1, -0.05) is 12.1 Å². The van der Waals surface area contributed by atoms with E-state index in [-0.39, 0.29) is 11.8 Å². The number of furan rings is 1. The number of sulfonamides is 1. The van der Waals surface area contributed by atoms with E-state index < -0.39 is 21.4 Å². The molecule has 0 bridgehead atoms. The molecule has 4 heterocycles. The first-order valence-corrected chi connectivity index (χ1v) is 13.1. The number of benzene rings is 1. The maximum absolute atomic E-state index is 13.6. The van der Waals surface area contributed by atoms with Crippen molar-refractivity contribution in [2.75, 3.05) is 18.9 Å². The summed E-state index contributed by atoms with van der Waals surface area (Å²) >= 11 is 0. The lowest BCUT2D eigenvalue weighted by molar-refractivity contribution is 0.170. The van der Waals surface area contributed by atoms with Crippen LogP contribution < -0.4 is 14.2 Å². The number of imidazole rings is 1. The van der Waals surface area contributed by atoms with Gasteiger partial charge < -0.3 is 23.4 Å². The highest BCUT2D eigenvalue weighted by Gasteiger charge is 2.33. The molecule has 0 fully saturated rings. The maximum atomic E-state index is 13.6. The van der Waals surface area contributed by atoms with Crippen molar-refractivity contribution in [2.45, 2.75) is 25.2 Å². The molecule has 0 saturated heterocycles. The molecule has 12 nitrogen and oxygen atoms in total. The van der Waals surface area contributed by atoms with Crippen LogP contribution in [0.1, 0.15) is 24.5 Å². The second kappa shape index (κ2) is 9.84. The zero-order valence-electron chi connectivity index (χ0n) is 21.1. The van der Waals surface area contributed by atoms with Crippen LogP contribution in [-0.2, 0) is 10.0 Å². The summed E-state index contributed by atoms with van der Waals surface area (Å²) in [5.74, 6) is 1.83. The molecule has 0 aliphatic heterocycles. The molecule has 0 aliphatic rings. The molecule has 13 heteroatoms. The van der Waals surface area contributed by atoms with E-state index in [0.717, 1.165) is 0 Å². The fraction of sp³-hybridized carbons (Fsp3) is 0.240. The van der Waals surface area contributed by atoms with Gasteiger partial charge in [-0.15, -0.1) is 10.2 Å². The lowest BCUT2D eigenvalue weighted by Gasteiger charge is -2.22. The van der Waals surface area contributed by atoms with Crippen LogP contribution in [-0.4, -0.2) is 57.1 Å². The Kier molecular flexibility index (Phi) is 6.55. The number of ether oxygens (including phenoxy) is 2. The van der Waals surface area contributed by atoms with E-state index in [1.807, 2.05) is 0 Å². The summed E-state index contributed by atoms with van der Waals surface area (Å²) in [7, 11) is -1.25. The third kappa shape index (κ3) is 4.35. The Morgan fingerprint density at radius 2 is 1.74 bits per heavy atom. The highest BCUT2D eigenvalue weighted by Crippen LogP contribution is 2.38. The van der Waals surface area contributed by atoms with Gasteiger partial charge in [0.2, 0.25) is 21.8 Å². The van der Waals surface area contributed by atoms with Gasteiger partial charge in [-0.2, -0.15) is 0 Å². The van der Waals surface area contributed by atoms with Crippen LogP contribution in [0.5, 0.6) is 11.5 Å². The van der Waals surface area contributed by atoms with Crippen molar-refractivity contribution in [2.24, 2.45) is 0 Å². The number of hydrogen-bond acceptors (Lipinski definition) is 9. The highest BCUT2D eigenvalue weighted by molar-refractivity contribution is 7.93. The topological polar surface area (TPSA) is 146 Å². The number of aromatic nitrogens is 5. The van der Waals surface area contributed by atoms with Crippen molar-refractivity contribution in [1.29, 1.82) is 0 Å². The van der Waals surface area contributed by atoms with Crippen LogP contribution in [0.25, 0.3) is 22.9 Å². The number of fused-ring (bicyclic) bond motifs is 1. The van der Waals surface area contributed by atoms with Gasteiger partial charge in [0, 0.05) is 12.4 Å². The number of aryl methyl sites for hydroxylation is 1. The van der Waals surface area contributed by atoms with E-state index in [1.54, 1.807) is 72.2 Å². The monoisotopic (exact) mass is 538 g/mol.